The summed E-state index contributed by atoms with van der Waals surface area (Å²) in [6, 6.07) is 6.38. The van der Waals surface area contributed by atoms with Crippen molar-refractivity contribution in [2.75, 3.05) is 32.1 Å². The second kappa shape index (κ2) is 10.7. The van der Waals surface area contributed by atoms with Gasteiger partial charge in [0.2, 0.25) is 0 Å². The lowest BCUT2D eigenvalue weighted by molar-refractivity contribution is 0.799. The van der Waals surface area contributed by atoms with Gasteiger partial charge >= 0.3 is 0 Å². The Morgan fingerprint density at radius 2 is 2.11 bits per heavy atom. The zero-order valence-corrected chi connectivity index (χ0v) is 20.0. The fourth-order valence-electron chi connectivity index (χ4n) is 3.04. The van der Waals surface area contributed by atoms with Gasteiger partial charge in [-0.2, -0.15) is 0 Å². The van der Waals surface area contributed by atoms with Gasteiger partial charge in [-0.3, -0.25) is 0 Å². The fourth-order valence-corrected chi connectivity index (χ4v) is 3.79. The Morgan fingerprint density at radius 3 is 2.82 bits per heavy atom. The molecule has 0 saturated heterocycles. The van der Waals surface area contributed by atoms with Crippen LogP contribution in [0.4, 0.5) is 5.13 Å². The number of hydrogen-bond acceptors (Lipinski definition) is 4. The van der Waals surface area contributed by atoms with Crippen LogP contribution < -0.4 is 15.5 Å². The minimum Gasteiger partial charge on any atom is -0.361 e. The van der Waals surface area contributed by atoms with Crippen molar-refractivity contribution >= 4 is 57.3 Å². The van der Waals surface area contributed by atoms with Gasteiger partial charge in [0.15, 0.2) is 11.1 Å². The van der Waals surface area contributed by atoms with E-state index in [0.717, 1.165) is 36.3 Å². The molecule has 1 aromatic carbocycles. The van der Waals surface area contributed by atoms with Crippen LogP contribution in [0.2, 0.25) is 0 Å². The summed E-state index contributed by atoms with van der Waals surface area (Å²) in [5, 5.41) is 11.1. The summed E-state index contributed by atoms with van der Waals surface area (Å²) in [6.45, 7) is 6.47. The molecule has 6 nitrogen and oxygen atoms in total. The van der Waals surface area contributed by atoms with Crippen molar-refractivity contribution < 1.29 is 0 Å². The van der Waals surface area contributed by atoms with Crippen LogP contribution in [-0.2, 0) is 13.0 Å². The summed E-state index contributed by atoms with van der Waals surface area (Å²) < 4.78 is 0. The third-order valence-electron chi connectivity index (χ3n) is 4.35. The molecule has 28 heavy (non-hydrogen) atoms. The minimum absolute atomic E-state index is 0. The summed E-state index contributed by atoms with van der Waals surface area (Å²) in [7, 11) is 4.01. The van der Waals surface area contributed by atoms with Gasteiger partial charge in [0, 0.05) is 49.7 Å². The third kappa shape index (κ3) is 5.60. The van der Waals surface area contributed by atoms with Crippen molar-refractivity contribution in [1.29, 1.82) is 0 Å². The molecule has 0 unspecified atom stereocenters. The van der Waals surface area contributed by atoms with Gasteiger partial charge in [-0.1, -0.05) is 12.1 Å². The van der Waals surface area contributed by atoms with Crippen LogP contribution >= 0.6 is 35.3 Å². The first-order valence-electron chi connectivity index (χ1n) is 9.28. The standard InChI is InChI=1S/C20H28N6S.HI/c1-5-21-19(24-12-16-13-27-20(25-16)26(3)4)22-10-9-15-11-23-17-8-6-7-14(2)18(15)17;/h6-8,11,13,23H,5,9-10,12H2,1-4H3,(H2,21,22,24);1H. The van der Waals surface area contributed by atoms with E-state index in [-0.39, 0.29) is 24.0 Å². The Morgan fingerprint density at radius 1 is 1.29 bits per heavy atom. The summed E-state index contributed by atoms with van der Waals surface area (Å²) in [4.78, 5) is 14.6. The predicted octanol–water partition coefficient (Wildman–Crippen LogP) is 3.91. The quantitative estimate of drug-likeness (QED) is 0.255. The number of hydrogen-bond donors (Lipinski definition) is 3. The van der Waals surface area contributed by atoms with Gasteiger partial charge in [0.1, 0.15) is 0 Å². The zero-order valence-electron chi connectivity index (χ0n) is 16.9. The highest BCUT2D eigenvalue weighted by Gasteiger charge is 2.07. The maximum Gasteiger partial charge on any atom is 0.191 e. The molecular formula is C20H29IN6S. The maximum absolute atomic E-state index is 4.67. The number of aromatic amines is 1. The van der Waals surface area contributed by atoms with E-state index in [1.807, 2.05) is 19.0 Å². The number of nitrogens with zero attached hydrogens (tertiary/aromatic N) is 3. The monoisotopic (exact) mass is 512 g/mol. The molecule has 3 N–H and O–H groups in total. The highest BCUT2D eigenvalue weighted by atomic mass is 127. The summed E-state index contributed by atoms with van der Waals surface area (Å²) in [6.07, 6.45) is 3.05. The van der Waals surface area contributed by atoms with Crippen molar-refractivity contribution in [2.45, 2.75) is 26.8 Å². The smallest absolute Gasteiger partial charge is 0.191 e. The van der Waals surface area contributed by atoms with Crippen LogP contribution in [-0.4, -0.2) is 43.1 Å². The molecule has 0 aliphatic heterocycles. The Kier molecular flexibility index (Phi) is 8.56. The molecule has 0 radical (unpaired) electrons. The number of guanidine groups is 1. The molecule has 152 valence electrons. The number of aromatic nitrogens is 2. The average Bonchev–Trinajstić information content (AvgIpc) is 3.28. The first-order valence-corrected chi connectivity index (χ1v) is 10.2. The number of aryl methyl sites for hydroxylation is 1. The number of fused-ring (bicyclic) bond motifs is 1. The van der Waals surface area contributed by atoms with Gasteiger partial charge < -0.3 is 20.5 Å². The number of rotatable bonds is 7. The fraction of sp³-hybridized carbons (Fsp3) is 0.400. The summed E-state index contributed by atoms with van der Waals surface area (Å²) >= 11 is 1.64. The molecule has 8 heteroatoms. The molecule has 0 spiro atoms. The molecule has 3 aromatic rings. The zero-order chi connectivity index (χ0) is 19.2. The first kappa shape index (κ1) is 22.5. The summed E-state index contributed by atoms with van der Waals surface area (Å²) in [5.74, 6) is 0.827. The molecule has 0 atom stereocenters. The van der Waals surface area contributed by atoms with Gasteiger partial charge in [-0.05, 0) is 37.5 Å². The van der Waals surface area contributed by atoms with Crippen LogP contribution in [0.25, 0.3) is 10.9 Å². The molecule has 0 bridgehead atoms. The van der Waals surface area contributed by atoms with E-state index in [4.69, 9.17) is 0 Å². The molecule has 3 rings (SSSR count). The van der Waals surface area contributed by atoms with Crippen LogP contribution in [0, 0.1) is 6.92 Å². The van der Waals surface area contributed by atoms with Gasteiger partial charge in [-0.25, -0.2) is 9.98 Å². The number of H-pyrrole nitrogens is 1. The number of anilines is 1. The number of benzene rings is 1. The normalized spacial score (nSPS) is 11.4. The predicted molar refractivity (Wildman–Crippen MR) is 131 cm³/mol. The van der Waals surface area contributed by atoms with Crippen molar-refractivity contribution in [3.8, 4) is 0 Å². The van der Waals surface area contributed by atoms with Gasteiger partial charge in [0.05, 0.1) is 12.2 Å². The molecule has 2 aromatic heterocycles. The Labute approximate surface area is 187 Å². The largest absolute Gasteiger partial charge is 0.361 e. The second-order valence-electron chi connectivity index (χ2n) is 6.70. The Balaban J connectivity index is 0.00000280. The highest BCUT2D eigenvalue weighted by Crippen LogP contribution is 2.22. The number of nitrogens with one attached hydrogen (secondary N) is 3. The van der Waals surface area contributed by atoms with Crippen LogP contribution in [0.1, 0.15) is 23.7 Å². The van der Waals surface area contributed by atoms with Crippen molar-refractivity contribution in [3.63, 3.8) is 0 Å². The Hall–Kier alpha value is -1.81. The second-order valence-corrected chi connectivity index (χ2v) is 7.54. The van der Waals surface area contributed by atoms with Crippen LogP contribution in [0.5, 0.6) is 0 Å². The highest BCUT2D eigenvalue weighted by molar-refractivity contribution is 14.0. The molecule has 0 saturated carbocycles. The first-order chi connectivity index (χ1) is 13.1. The average molecular weight is 512 g/mol. The van der Waals surface area contributed by atoms with E-state index in [9.17, 15) is 0 Å². The van der Waals surface area contributed by atoms with E-state index >= 15 is 0 Å². The number of thiazole rings is 1. The topological polar surface area (TPSA) is 68.3 Å². The molecule has 0 amide bonds. The minimum atomic E-state index is 0. The number of aliphatic imine (C=N–C) groups is 1. The van der Waals surface area contributed by atoms with Crippen LogP contribution in [0.15, 0.2) is 34.8 Å². The number of halogens is 1. The van der Waals surface area contributed by atoms with Crippen molar-refractivity contribution in [3.05, 3.63) is 46.6 Å². The van der Waals surface area contributed by atoms with E-state index < -0.39 is 0 Å². The molecular weight excluding hydrogens is 483 g/mol. The molecule has 0 aliphatic rings. The lowest BCUT2D eigenvalue weighted by Crippen LogP contribution is -2.38. The van der Waals surface area contributed by atoms with E-state index in [2.05, 4.69) is 69.2 Å². The SMILES string of the molecule is CCNC(=NCc1csc(N(C)C)n1)NCCc1c[nH]c2cccc(C)c12.I. The van der Waals surface area contributed by atoms with Crippen molar-refractivity contribution in [1.82, 2.24) is 20.6 Å². The maximum atomic E-state index is 4.67. The molecule has 0 fully saturated rings. The Bertz CT molecular complexity index is 914. The molecule has 0 aliphatic carbocycles. The molecule has 2 heterocycles. The van der Waals surface area contributed by atoms with E-state index in [1.165, 1.54) is 22.0 Å². The lowest BCUT2D eigenvalue weighted by Gasteiger charge is -2.11. The van der Waals surface area contributed by atoms with Crippen LogP contribution in [0.3, 0.4) is 0 Å². The van der Waals surface area contributed by atoms with Crippen molar-refractivity contribution in [2.24, 2.45) is 4.99 Å². The van der Waals surface area contributed by atoms with E-state index in [1.54, 1.807) is 11.3 Å². The van der Waals surface area contributed by atoms with Gasteiger partial charge in [0.25, 0.3) is 0 Å². The van der Waals surface area contributed by atoms with E-state index in [0.29, 0.717) is 6.54 Å². The van der Waals surface area contributed by atoms with Gasteiger partial charge in [-0.15, -0.1) is 35.3 Å². The summed E-state index contributed by atoms with van der Waals surface area (Å²) in [5.41, 5.74) is 4.84. The lowest BCUT2D eigenvalue weighted by atomic mass is 10.1. The third-order valence-corrected chi connectivity index (χ3v) is 5.41.